The lowest BCUT2D eigenvalue weighted by Crippen LogP contribution is -2.23. The Balaban J connectivity index is 2.15. The summed E-state index contributed by atoms with van der Waals surface area (Å²) in [6.45, 7) is 0.553. The van der Waals surface area contributed by atoms with Crippen molar-refractivity contribution in [1.29, 1.82) is 0 Å². The Morgan fingerprint density at radius 1 is 1.40 bits per heavy atom. The number of carbonyl (C=O) groups excluding carboxylic acids is 1. The molecule has 0 unspecified atom stereocenters. The lowest BCUT2D eigenvalue weighted by atomic mass is 10.1. The molecule has 1 aromatic heterocycles. The van der Waals surface area contributed by atoms with Crippen molar-refractivity contribution < 1.29 is 9.18 Å². The number of aryl methyl sites for hydroxylation is 1. The van der Waals surface area contributed by atoms with E-state index in [1.54, 1.807) is 31.0 Å². The van der Waals surface area contributed by atoms with Crippen LogP contribution < -0.4 is 5.32 Å². The van der Waals surface area contributed by atoms with Crippen LogP contribution in [0.4, 0.5) is 10.1 Å². The molecule has 6 heteroatoms. The summed E-state index contributed by atoms with van der Waals surface area (Å²) in [4.78, 5) is 13.2. The minimum atomic E-state index is -0.519. The van der Waals surface area contributed by atoms with Crippen molar-refractivity contribution in [2.45, 2.75) is 6.54 Å². The zero-order chi connectivity index (χ0) is 14.7. The minimum absolute atomic E-state index is 0.0602. The molecule has 2 aromatic rings. The van der Waals surface area contributed by atoms with Crippen molar-refractivity contribution in [3.63, 3.8) is 0 Å². The van der Waals surface area contributed by atoms with Crippen molar-refractivity contribution in [3.8, 4) is 0 Å². The van der Waals surface area contributed by atoms with Crippen LogP contribution in [0.15, 0.2) is 30.5 Å². The largest absolute Gasteiger partial charge is 0.379 e. The fraction of sp³-hybridized carbons (Fsp3) is 0.286. The van der Waals surface area contributed by atoms with E-state index >= 15 is 0 Å². The second-order valence-electron chi connectivity index (χ2n) is 4.69. The maximum absolute atomic E-state index is 13.7. The van der Waals surface area contributed by atoms with E-state index in [1.165, 1.54) is 17.0 Å². The van der Waals surface area contributed by atoms with E-state index in [-0.39, 0.29) is 11.5 Å². The number of halogens is 1. The van der Waals surface area contributed by atoms with Gasteiger partial charge in [-0.3, -0.25) is 9.48 Å². The molecule has 0 saturated carbocycles. The summed E-state index contributed by atoms with van der Waals surface area (Å²) in [6, 6.07) is 6.32. The molecule has 20 heavy (non-hydrogen) atoms. The zero-order valence-corrected chi connectivity index (χ0v) is 11.7. The predicted octanol–water partition coefficient (Wildman–Crippen LogP) is 1.87. The lowest BCUT2D eigenvalue weighted by molar-refractivity contribution is 0.0823. The molecule has 1 amide bonds. The molecule has 0 atom stereocenters. The highest BCUT2D eigenvalue weighted by atomic mass is 19.1. The van der Waals surface area contributed by atoms with E-state index in [9.17, 15) is 9.18 Å². The third kappa shape index (κ3) is 2.96. The predicted molar refractivity (Wildman–Crippen MR) is 75.0 cm³/mol. The van der Waals surface area contributed by atoms with Gasteiger partial charge in [0.15, 0.2) is 0 Å². The van der Waals surface area contributed by atoms with Gasteiger partial charge in [0.05, 0.1) is 17.8 Å². The number of benzene rings is 1. The van der Waals surface area contributed by atoms with Crippen LogP contribution in [0.25, 0.3) is 0 Å². The molecule has 2 rings (SSSR count). The van der Waals surface area contributed by atoms with Crippen molar-refractivity contribution >= 4 is 11.6 Å². The fourth-order valence-corrected chi connectivity index (χ4v) is 1.81. The van der Waals surface area contributed by atoms with Gasteiger partial charge in [-0.15, -0.1) is 0 Å². The molecule has 0 bridgehead atoms. The Morgan fingerprint density at radius 3 is 2.75 bits per heavy atom. The summed E-state index contributed by atoms with van der Waals surface area (Å²) in [5, 5.41) is 7.22. The van der Waals surface area contributed by atoms with E-state index in [2.05, 4.69) is 10.4 Å². The molecule has 0 spiro atoms. The van der Waals surface area contributed by atoms with Gasteiger partial charge in [0, 0.05) is 33.0 Å². The molecule has 0 saturated heterocycles. The standard InChI is InChI=1S/C14H17FN4O/c1-18(2)14(20)12-8-10(4-5-13(12)15)16-9-11-6-7-17-19(11)3/h4-8,16H,9H2,1-3H3. The maximum Gasteiger partial charge on any atom is 0.256 e. The number of carbonyl (C=O) groups is 1. The number of hydrogen-bond acceptors (Lipinski definition) is 3. The number of amides is 1. The molecule has 0 aliphatic heterocycles. The van der Waals surface area contributed by atoms with Gasteiger partial charge < -0.3 is 10.2 Å². The van der Waals surface area contributed by atoms with Crippen LogP contribution in [0.2, 0.25) is 0 Å². The second kappa shape index (κ2) is 5.73. The molecule has 0 radical (unpaired) electrons. The average Bonchev–Trinajstić information content (AvgIpc) is 2.82. The summed E-state index contributed by atoms with van der Waals surface area (Å²) >= 11 is 0. The average molecular weight is 276 g/mol. The van der Waals surface area contributed by atoms with E-state index in [0.29, 0.717) is 12.2 Å². The lowest BCUT2D eigenvalue weighted by Gasteiger charge is -2.13. The number of nitrogens with zero attached hydrogens (tertiary/aromatic N) is 3. The molecular formula is C14H17FN4O. The maximum atomic E-state index is 13.7. The van der Waals surface area contributed by atoms with Crippen molar-refractivity contribution in [2.24, 2.45) is 7.05 Å². The molecule has 1 heterocycles. The van der Waals surface area contributed by atoms with Crippen LogP contribution in [-0.4, -0.2) is 34.7 Å². The molecule has 0 aliphatic rings. The van der Waals surface area contributed by atoms with Gasteiger partial charge in [0.1, 0.15) is 5.82 Å². The number of anilines is 1. The number of aromatic nitrogens is 2. The Morgan fingerprint density at radius 2 is 2.15 bits per heavy atom. The molecule has 5 nitrogen and oxygen atoms in total. The monoisotopic (exact) mass is 276 g/mol. The number of rotatable bonds is 4. The first-order valence-electron chi connectivity index (χ1n) is 6.21. The first-order chi connectivity index (χ1) is 9.49. The van der Waals surface area contributed by atoms with Crippen molar-refractivity contribution in [1.82, 2.24) is 14.7 Å². The SMILES string of the molecule is CN(C)C(=O)c1cc(NCc2ccnn2C)ccc1F. The van der Waals surface area contributed by atoms with E-state index in [1.807, 2.05) is 13.1 Å². The highest BCUT2D eigenvalue weighted by molar-refractivity contribution is 5.95. The summed E-state index contributed by atoms with van der Waals surface area (Å²) in [5.41, 5.74) is 1.75. The smallest absolute Gasteiger partial charge is 0.256 e. The van der Waals surface area contributed by atoms with Gasteiger partial charge in [-0.2, -0.15) is 5.10 Å². The summed E-state index contributed by atoms with van der Waals surface area (Å²) in [7, 11) is 5.04. The van der Waals surface area contributed by atoms with Crippen molar-refractivity contribution in [3.05, 3.63) is 47.5 Å². The Kier molecular flexibility index (Phi) is 4.02. The molecule has 0 aliphatic carbocycles. The van der Waals surface area contributed by atoms with Gasteiger partial charge in [0.25, 0.3) is 5.91 Å². The van der Waals surface area contributed by atoms with Crippen LogP contribution in [0.5, 0.6) is 0 Å². The van der Waals surface area contributed by atoms with Crippen LogP contribution in [0.3, 0.4) is 0 Å². The highest BCUT2D eigenvalue weighted by Crippen LogP contribution is 2.17. The van der Waals surface area contributed by atoms with Gasteiger partial charge in [-0.25, -0.2) is 4.39 Å². The normalized spacial score (nSPS) is 10.4. The number of nitrogens with one attached hydrogen (secondary N) is 1. The topological polar surface area (TPSA) is 50.2 Å². The number of hydrogen-bond donors (Lipinski definition) is 1. The van der Waals surface area contributed by atoms with E-state index in [4.69, 9.17) is 0 Å². The van der Waals surface area contributed by atoms with Crippen LogP contribution >= 0.6 is 0 Å². The molecular weight excluding hydrogens is 259 g/mol. The third-order valence-corrected chi connectivity index (χ3v) is 3.00. The van der Waals surface area contributed by atoms with Gasteiger partial charge in [0.2, 0.25) is 0 Å². The first kappa shape index (κ1) is 14.0. The quantitative estimate of drug-likeness (QED) is 0.927. The summed E-state index contributed by atoms with van der Waals surface area (Å²) in [5.74, 6) is -0.874. The molecule has 106 valence electrons. The molecule has 1 N–H and O–H groups in total. The Hall–Kier alpha value is -2.37. The van der Waals surface area contributed by atoms with Crippen LogP contribution in [0, 0.1) is 5.82 Å². The van der Waals surface area contributed by atoms with Crippen molar-refractivity contribution in [2.75, 3.05) is 19.4 Å². The third-order valence-electron chi connectivity index (χ3n) is 3.00. The van der Waals surface area contributed by atoms with Crippen LogP contribution in [0.1, 0.15) is 16.1 Å². The highest BCUT2D eigenvalue weighted by Gasteiger charge is 2.14. The first-order valence-corrected chi connectivity index (χ1v) is 6.21. The molecule has 1 aromatic carbocycles. The molecule has 0 fully saturated rings. The van der Waals surface area contributed by atoms with E-state index < -0.39 is 5.82 Å². The fourth-order valence-electron chi connectivity index (χ4n) is 1.81. The van der Waals surface area contributed by atoms with Gasteiger partial charge in [-0.05, 0) is 24.3 Å². The Bertz CT molecular complexity index is 621. The summed E-state index contributed by atoms with van der Waals surface area (Å²) in [6.07, 6.45) is 1.71. The summed E-state index contributed by atoms with van der Waals surface area (Å²) < 4.78 is 15.4. The van der Waals surface area contributed by atoms with Gasteiger partial charge >= 0.3 is 0 Å². The van der Waals surface area contributed by atoms with Gasteiger partial charge in [-0.1, -0.05) is 0 Å². The zero-order valence-electron chi connectivity index (χ0n) is 11.7. The van der Waals surface area contributed by atoms with Crippen LogP contribution in [-0.2, 0) is 13.6 Å². The minimum Gasteiger partial charge on any atom is -0.379 e. The second-order valence-corrected chi connectivity index (χ2v) is 4.69. The Labute approximate surface area is 117 Å². The van der Waals surface area contributed by atoms with E-state index in [0.717, 1.165) is 5.69 Å².